The van der Waals surface area contributed by atoms with Crippen molar-refractivity contribution in [3.63, 3.8) is 0 Å². The van der Waals surface area contributed by atoms with Gasteiger partial charge in [-0.3, -0.25) is 0 Å². The van der Waals surface area contributed by atoms with Crippen LogP contribution in [0.25, 0.3) is 0 Å². The molecule has 136 valence electrons. The largest absolute Gasteiger partial charge is 0.247 e. The fourth-order valence-electron chi connectivity index (χ4n) is 5.37. The van der Waals surface area contributed by atoms with Gasteiger partial charge in [0.2, 0.25) is 0 Å². The molecule has 24 heavy (non-hydrogen) atoms. The molecule has 3 rings (SSSR count). The van der Waals surface area contributed by atoms with Crippen LogP contribution in [-0.2, 0) is 0 Å². The smallest absolute Gasteiger partial charge is 0.113 e. The molecular weight excluding hydrogens is 302 g/mol. The third-order valence-electron chi connectivity index (χ3n) is 7.18. The van der Waals surface area contributed by atoms with Crippen molar-refractivity contribution in [3.05, 3.63) is 23.3 Å². The maximum atomic E-state index is 15.3. The van der Waals surface area contributed by atoms with Crippen molar-refractivity contribution in [2.24, 2.45) is 35.5 Å². The molecule has 0 amide bonds. The Balaban J connectivity index is 1.75. The number of alkyl halides is 2. The van der Waals surface area contributed by atoms with Gasteiger partial charge in [0, 0.05) is 17.8 Å². The van der Waals surface area contributed by atoms with E-state index in [0.717, 1.165) is 24.3 Å². The summed E-state index contributed by atoms with van der Waals surface area (Å²) >= 11 is 0. The van der Waals surface area contributed by atoms with Gasteiger partial charge in [0.1, 0.15) is 12.3 Å². The van der Waals surface area contributed by atoms with Crippen LogP contribution in [0.3, 0.4) is 0 Å². The molecule has 6 atom stereocenters. The highest BCUT2D eigenvalue weighted by atomic mass is 19.1. The Bertz CT molecular complexity index is 498. The van der Waals surface area contributed by atoms with Gasteiger partial charge in [-0.25, -0.2) is 8.78 Å². The first-order chi connectivity index (χ1) is 11.4. The Hall–Kier alpha value is -0.660. The molecule has 0 saturated heterocycles. The molecule has 1 fully saturated rings. The van der Waals surface area contributed by atoms with Gasteiger partial charge in [-0.15, -0.1) is 0 Å². The van der Waals surface area contributed by atoms with Crippen LogP contribution in [0.4, 0.5) is 8.78 Å². The molecular formula is C22H34F2. The summed E-state index contributed by atoms with van der Waals surface area (Å²) < 4.78 is 29.7. The first kappa shape index (κ1) is 18.1. The van der Waals surface area contributed by atoms with E-state index in [1.807, 2.05) is 13.8 Å². The minimum absolute atomic E-state index is 0.00679. The van der Waals surface area contributed by atoms with Crippen molar-refractivity contribution in [3.8, 4) is 0 Å². The first-order valence-corrected chi connectivity index (χ1v) is 10.1. The summed E-state index contributed by atoms with van der Waals surface area (Å²) in [5, 5.41) is 0. The molecule has 0 bridgehead atoms. The van der Waals surface area contributed by atoms with Gasteiger partial charge in [-0.1, -0.05) is 63.8 Å². The van der Waals surface area contributed by atoms with Crippen LogP contribution in [0.2, 0.25) is 0 Å². The zero-order valence-electron chi connectivity index (χ0n) is 15.8. The van der Waals surface area contributed by atoms with E-state index in [-0.39, 0.29) is 23.7 Å². The highest BCUT2D eigenvalue weighted by molar-refractivity contribution is 5.26. The minimum atomic E-state index is -0.848. The van der Waals surface area contributed by atoms with Gasteiger partial charge >= 0.3 is 0 Å². The number of hydrogen-bond donors (Lipinski definition) is 0. The lowest BCUT2D eigenvalue weighted by atomic mass is 9.66. The van der Waals surface area contributed by atoms with Crippen LogP contribution in [0, 0.1) is 35.5 Å². The fraction of sp³-hybridized carbons (Fsp3) is 0.818. The van der Waals surface area contributed by atoms with E-state index in [4.69, 9.17) is 0 Å². The predicted molar refractivity (Wildman–Crippen MR) is 97.3 cm³/mol. The van der Waals surface area contributed by atoms with Crippen LogP contribution >= 0.6 is 0 Å². The van der Waals surface area contributed by atoms with E-state index in [1.165, 1.54) is 31.3 Å². The van der Waals surface area contributed by atoms with E-state index in [9.17, 15) is 4.39 Å². The van der Waals surface area contributed by atoms with Crippen molar-refractivity contribution < 1.29 is 8.78 Å². The number of allylic oxidation sites excluding steroid dienone is 4. The van der Waals surface area contributed by atoms with Crippen LogP contribution in [0.1, 0.15) is 66.2 Å². The second-order valence-electron chi connectivity index (χ2n) is 8.89. The van der Waals surface area contributed by atoms with Crippen molar-refractivity contribution >= 4 is 0 Å². The zero-order chi connectivity index (χ0) is 17.4. The Kier molecular flexibility index (Phi) is 5.52. The second kappa shape index (κ2) is 7.30. The van der Waals surface area contributed by atoms with Crippen LogP contribution < -0.4 is 0 Å². The lowest BCUT2D eigenvalue weighted by Crippen LogP contribution is -2.37. The molecule has 0 aromatic carbocycles. The molecule has 6 unspecified atom stereocenters. The molecule has 3 aliphatic carbocycles. The molecule has 1 saturated carbocycles. The highest BCUT2D eigenvalue weighted by Gasteiger charge is 2.41. The number of hydrogen-bond acceptors (Lipinski definition) is 0. The average Bonchev–Trinajstić information content (AvgIpc) is 2.57. The second-order valence-corrected chi connectivity index (χ2v) is 8.89. The van der Waals surface area contributed by atoms with Crippen molar-refractivity contribution in [1.82, 2.24) is 0 Å². The lowest BCUT2D eigenvalue weighted by Gasteiger charge is -2.41. The Morgan fingerprint density at radius 3 is 2.00 bits per heavy atom. The van der Waals surface area contributed by atoms with Gasteiger partial charge in [0.15, 0.2) is 0 Å². The van der Waals surface area contributed by atoms with Crippen molar-refractivity contribution in [2.45, 2.75) is 78.6 Å². The van der Waals surface area contributed by atoms with Gasteiger partial charge in [-0.05, 0) is 43.4 Å². The highest BCUT2D eigenvalue weighted by Crippen LogP contribution is 2.46. The SMILES string of the molecule is CC1CCC(C2=CCC(C3=CCC(C)C(F)C3C)C(F)C2C)CC1. The van der Waals surface area contributed by atoms with E-state index in [0.29, 0.717) is 5.92 Å². The third-order valence-corrected chi connectivity index (χ3v) is 7.18. The summed E-state index contributed by atoms with van der Waals surface area (Å²) in [6, 6.07) is 0. The van der Waals surface area contributed by atoms with E-state index < -0.39 is 12.3 Å². The summed E-state index contributed by atoms with van der Waals surface area (Å²) in [5.41, 5.74) is 2.41. The summed E-state index contributed by atoms with van der Waals surface area (Å²) in [6.45, 7) is 8.30. The molecule has 0 radical (unpaired) electrons. The van der Waals surface area contributed by atoms with Gasteiger partial charge in [0.25, 0.3) is 0 Å². The number of rotatable bonds is 2. The van der Waals surface area contributed by atoms with Gasteiger partial charge in [0.05, 0.1) is 0 Å². The van der Waals surface area contributed by atoms with Crippen LogP contribution in [0.15, 0.2) is 23.3 Å². The summed E-state index contributed by atoms with van der Waals surface area (Å²) in [6.07, 6.45) is 9.32. The zero-order valence-corrected chi connectivity index (χ0v) is 15.8. The summed E-state index contributed by atoms with van der Waals surface area (Å²) in [7, 11) is 0. The standard InChI is InChI=1S/C22H34F2/c1-13-5-8-17(9-6-13)18-11-12-20(22(24)15(18)3)19-10-7-14(2)21(23)16(19)4/h10-11,13-17,20-22H,5-9,12H2,1-4H3. The average molecular weight is 337 g/mol. The van der Waals surface area contributed by atoms with Crippen LogP contribution in [-0.4, -0.2) is 12.3 Å². The molecule has 0 aromatic rings. The predicted octanol–water partition coefficient (Wildman–Crippen LogP) is 6.67. The summed E-state index contributed by atoms with van der Waals surface area (Å²) in [4.78, 5) is 0. The van der Waals surface area contributed by atoms with Crippen molar-refractivity contribution in [2.75, 3.05) is 0 Å². The summed E-state index contributed by atoms with van der Waals surface area (Å²) in [5.74, 6) is 1.24. The van der Waals surface area contributed by atoms with Gasteiger partial charge in [-0.2, -0.15) is 0 Å². The molecule has 0 aromatic heterocycles. The number of halogens is 2. The Labute approximate surface area is 146 Å². The Morgan fingerprint density at radius 1 is 0.750 bits per heavy atom. The van der Waals surface area contributed by atoms with Crippen LogP contribution in [0.5, 0.6) is 0 Å². The minimum Gasteiger partial charge on any atom is -0.247 e. The molecule has 0 spiro atoms. The van der Waals surface area contributed by atoms with E-state index >= 15 is 4.39 Å². The normalized spacial score (nSPS) is 47.1. The quantitative estimate of drug-likeness (QED) is 0.494. The third kappa shape index (κ3) is 3.35. The molecule has 0 nitrogen and oxygen atoms in total. The van der Waals surface area contributed by atoms with Crippen molar-refractivity contribution in [1.29, 1.82) is 0 Å². The molecule has 2 heteroatoms. The molecule has 0 N–H and O–H groups in total. The first-order valence-electron chi connectivity index (χ1n) is 10.1. The van der Waals surface area contributed by atoms with E-state index in [2.05, 4.69) is 26.0 Å². The molecule has 3 aliphatic rings. The maximum absolute atomic E-state index is 15.3. The Morgan fingerprint density at radius 2 is 1.33 bits per heavy atom. The maximum Gasteiger partial charge on any atom is 0.113 e. The van der Waals surface area contributed by atoms with E-state index in [1.54, 1.807) is 0 Å². The monoisotopic (exact) mass is 336 g/mol. The molecule has 0 aliphatic heterocycles. The fourth-order valence-corrected chi connectivity index (χ4v) is 5.37. The molecule has 0 heterocycles. The lowest BCUT2D eigenvalue weighted by molar-refractivity contribution is 0.130. The topological polar surface area (TPSA) is 0 Å². The van der Waals surface area contributed by atoms with Gasteiger partial charge < -0.3 is 0 Å².